The fraction of sp³-hybridized carbons (Fsp3) is 0.909. The number of hydrogen-bond acceptors (Lipinski definition) is 3. The number of ether oxygens (including phenoxy) is 1. The van der Waals surface area contributed by atoms with Crippen LogP contribution in [-0.2, 0) is 9.53 Å². The zero-order valence-corrected chi connectivity index (χ0v) is 10.7. The van der Waals surface area contributed by atoms with Crippen molar-refractivity contribution in [3.63, 3.8) is 0 Å². The summed E-state index contributed by atoms with van der Waals surface area (Å²) in [5.41, 5.74) is 0.0728. The number of Topliss-reactive ketones (excluding diaryl/α,β-unsaturated/α-hetero) is 1. The summed E-state index contributed by atoms with van der Waals surface area (Å²) in [4.78, 5) is 11.6. The highest BCUT2D eigenvalue weighted by atomic mass is 31.0. The van der Waals surface area contributed by atoms with Gasteiger partial charge in [0.05, 0.1) is 18.2 Å². The van der Waals surface area contributed by atoms with Gasteiger partial charge in [0, 0.05) is 12.5 Å². The summed E-state index contributed by atoms with van der Waals surface area (Å²) in [6.07, 6.45) is 3.51. The number of carbonyl (C=O) groups excluding carboxylic acids is 1. The number of carbonyl (C=O) groups is 1. The van der Waals surface area contributed by atoms with Crippen LogP contribution in [0, 0.1) is 5.92 Å². The summed E-state index contributed by atoms with van der Waals surface area (Å²) in [7, 11) is 2.61. The minimum Gasteiger partial charge on any atom is -0.366 e. The number of ketones is 1. The van der Waals surface area contributed by atoms with E-state index in [4.69, 9.17) is 4.74 Å². The van der Waals surface area contributed by atoms with Crippen molar-refractivity contribution in [3.8, 4) is 0 Å². The molecule has 0 aliphatic carbocycles. The Morgan fingerprint density at radius 3 is 2.93 bits per heavy atom. The summed E-state index contributed by atoms with van der Waals surface area (Å²) >= 11 is 0. The van der Waals surface area contributed by atoms with E-state index in [1.54, 1.807) is 0 Å². The molecule has 0 bridgehead atoms. The van der Waals surface area contributed by atoms with Crippen molar-refractivity contribution in [1.29, 1.82) is 0 Å². The number of rotatable bonds is 4. The van der Waals surface area contributed by atoms with Crippen LogP contribution < -0.4 is 0 Å². The first-order valence-corrected chi connectivity index (χ1v) is 6.27. The van der Waals surface area contributed by atoms with E-state index >= 15 is 0 Å². The van der Waals surface area contributed by atoms with E-state index in [9.17, 15) is 4.79 Å². The van der Waals surface area contributed by atoms with Crippen molar-refractivity contribution >= 4 is 15.2 Å². The summed E-state index contributed by atoms with van der Waals surface area (Å²) in [5, 5.41) is 0. The van der Waals surface area contributed by atoms with Crippen molar-refractivity contribution in [3.05, 3.63) is 0 Å². The maximum Gasteiger partial charge on any atom is 0.151 e. The fourth-order valence-corrected chi connectivity index (χ4v) is 2.98. The molecule has 0 amide bonds. The molecule has 0 spiro atoms. The van der Waals surface area contributed by atoms with E-state index < -0.39 is 0 Å². The molecule has 0 radical (unpaired) electrons. The van der Waals surface area contributed by atoms with Gasteiger partial charge in [0.15, 0.2) is 5.78 Å². The van der Waals surface area contributed by atoms with Crippen LogP contribution >= 0.6 is 9.39 Å². The lowest BCUT2D eigenvalue weighted by atomic mass is 9.93. The third-order valence-electron chi connectivity index (χ3n) is 3.55. The smallest absolute Gasteiger partial charge is 0.151 e. The second-order valence-corrected chi connectivity index (χ2v) is 5.73. The van der Waals surface area contributed by atoms with Gasteiger partial charge in [-0.3, -0.25) is 9.46 Å². The van der Waals surface area contributed by atoms with Crippen molar-refractivity contribution < 1.29 is 9.53 Å². The maximum atomic E-state index is 11.6. The van der Waals surface area contributed by atoms with Crippen LogP contribution in [0.25, 0.3) is 0 Å². The van der Waals surface area contributed by atoms with Gasteiger partial charge in [0.25, 0.3) is 0 Å². The van der Waals surface area contributed by atoms with Gasteiger partial charge < -0.3 is 4.74 Å². The van der Waals surface area contributed by atoms with Crippen LogP contribution in [0.15, 0.2) is 0 Å². The Balaban J connectivity index is 1.82. The van der Waals surface area contributed by atoms with Gasteiger partial charge in [-0.25, -0.2) is 0 Å². The molecule has 4 atom stereocenters. The normalized spacial score (nSPS) is 41.1. The van der Waals surface area contributed by atoms with Crippen LogP contribution in [0.2, 0.25) is 0 Å². The van der Waals surface area contributed by atoms with E-state index in [-0.39, 0.29) is 11.5 Å². The second-order valence-electron chi connectivity index (χ2n) is 5.00. The lowest BCUT2D eigenvalue weighted by Crippen LogP contribution is -2.18. The lowest BCUT2D eigenvalue weighted by Gasteiger charge is -2.08. The molecule has 0 aromatic heterocycles. The van der Waals surface area contributed by atoms with E-state index in [2.05, 4.69) is 23.2 Å². The minimum atomic E-state index is 0.0728. The predicted molar refractivity (Wildman–Crippen MR) is 62.6 cm³/mol. The Morgan fingerprint density at radius 1 is 1.67 bits per heavy atom. The molecule has 0 saturated carbocycles. The standard InChI is InChI=1S/C11H20NO2P/c1-3-4-11(2)10(14-11)5-8-6-12(15)7-9(8)13/h8,10H,3-7,15H2,1-2H3. The molecule has 2 aliphatic heterocycles. The molecule has 2 heterocycles. The van der Waals surface area contributed by atoms with Crippen molar-refractivity contribution in [1.82, 2.24) is 4.67 Å². The van der Waals surface area contributed by atoms with E-state index in [1.165, 1.54) is 0 Å². The molecular formula is C11H20NO2P. The molecule has 0 aromatic carbocycles. The highest BCUT2D eigenvalue weighted by Crippen LogP contribution is 2.44. The van der Waals surface area contributed by atoms with Gasteiger partial charge in [-0.1, -0.05) is 22.7 Å². The summed E-state index contributed by atoms with van der Waals surface area (Å²) in [6, 6.07) is 0. The van der Waals surface area contributed by atoms with Crippen molar-refractivity contribution in [2.75, 3.05) is 13.1 Å². The Hall–Kier alpha value is 0.0200. The Kier molecular flexibility index (Phi) is 3.16. The first kappa shape index (κ1) is 11.5. The largest absolute Gasteiger partial charge is 0.366 e. The number of epoxide rings is 1. The van der Waals surface area contributed by atoms with Gasteiger partial charge >= 0.3 is 0 Å². The second kappa shape index (κ2) is 4.12. The molecule has 86 valence electrons. The third kappa shape index (κ3) is 2.41. The van der Waals surface area contributed by atoms with Crippen molar-refractivity contribution in [2.45, 2.75) is 44.8 Å². The zero-order valence-electron chi connectivity index (χ0n) is 9.53. The van der Waals surface area contributed by atoms with Gasteiger partial charge in [-0.05, 0) is 19.8 Å². The fourth-order valence-electron chi connectivity index (χ4n) is 2.55. The summed E-state index contributed by atoms with van der Waals surface area (Å²) < 4.78 is 7.73. The molecular weight excluding hydrogens is 209 g/mol. The first-order valence-electron chi connectivity index (χ1n) is 5.75. The van der Waals surface area contributed by atoms with Crippen LogP contribution in [0.1, 0.15) is 33.1 Å². The Bertz CT molecular complexity index is 271. The van der Waals surface area contributed by atoms with E-state index in [0.29, 0.717) is 18.4 Å². The minimum absolute atomic E-state index is 0.0728. The topological polar surface area (TPSA) is 32.8 Å². The predicted octanol–water partition coefficient (Wildman–Crippen LogP) is 1.63. The zero-order chi connectivity index (χ0) is 11.1. The summed E-state index contributed by atoms with van der Waals surface area (Å²) in [5.74, 6) is 0.575. The number of hydrogen-bond donors (Lipinski definition) is 0. The van der Waals surface area contributed by atoms with Crippen molar-refractivity contribution in [2.24, 2.45) is 5.92 Å². The van der Waals surface area contributed by atoms with Crippen LogP contribution in [0.4, 0.5) is 0 Å². The van der Waals surface area contributed by atoms with Gasteiger partial charge in [0.2, 0.25) is 0 Å². The quantitative estimate of drug-likeness (QED) is 0.542. The monoisotopic (exact) mass is 229 g/mol. The molecule has 2 rings (SSSR count). The molecule has 0 aromatic rings. The molecule has 3 nitrogen and oxygen atoms in total. The van der Waals surface area contributed by atoms with Crippen LogP contribution in [0.5, 0.6) is 0 Å². The molecule has 4 heteroatoms. The van der Waals surface area contributed by atoms with E-state index in [1.807, 2.05) is 4.67 Å². The average Bonchev–Trinajstić information content (AvgIpc) is 2.63. The molecule has 4 unspecified atom stereocenters. The maximum absolute atomic E-state index is 11.6. The first-order chi connectivity index (χ1) is 7.05. The molecule has 2 saturated heterocycles. The third-order valence-corrected chi connectivity index (χ3v) is 3.94. The van der Waals surface area contributed by atoms with Crippen LogP contribution in [-0.4, -0.2) is 35.2 Å². The van der Waals surface area contributed by atoms with Crippen LogP contribution in [0.3, 0.4) is 0 Å². The Labute approximate surface area is 93.8 Å². The molecule has 2 fully saturated rings. The molecule has 15 heavy (non-hydrogen) atoms. The highest BCUT2D eigenvalue weighted by Gasteiger charge is 2.52. The SMILES string of the molecule is CCCC1(C)OC1CC1CN(P)CC1=O. The Morgan fingerprint density at radius 2 is 2.40 bits per heavy atom. The molecule has 2 aliphatic rings. The van der Waals surface area contributed by atoms with Gasteiger partial charge in [-0.15, -0.1) is 0 Å². The van der Waals surface area contributed by atoms with Gasteiger partial charge in [0.1, 0.15) is 0 Å². The summed E-state index contributed by atoms with van der Waals surface area (Å²) in [6.45, 7) is 5.81. The average molecular weight is 229 g/mol. The lowest BCUT2D eigenvalue weighted by molar-refractivity contribution is -0.119. The van der Waals surface area contributed by atoms with Gasteiger partial charge in [-0.2, -0.15) is 0 Å². The molecule has 0 N–H and O–H groups in total. The number of nitrogens with zero attached hydrogens (tertiary/aromatic N) is 1. The highest BCUT2D eigenvalue weighted by molar-refractivity contribution is 7.13. The van der Waals surface area contributed by atoms with E-state index in [0.717, 1.165) is 25.8 Å².